The number of rotatable bonds is 11. The second kappa shape index (κ2) is 16.1. The molecule has 0 N–H and O–H groups in total. The molecular formula is C26H33ClN4O12. The van der Waals surface area contributed by atoms with Crippen LogP contribution in [-0.4, -0.2) is 96.6 Å². The van der Waals surface area contributed by atoms with Crippen LogP contribution in [0.1, 0.15) is 41.5 Å². The standard InChI is InChI=1S/C26H33ClN4O12/c1-7-38-25(36)29-21(13-28-30(31(29)26(37)39-8-2)20-11-9-19(27)10-12-20)23(42-17(5)34)24(43-18(6)35)22(41-16(4)33)14-40-15(3)32/h9-13,21-24H,7-8,14H2,1-6H3/t21-,22-,23-,24-/m1/s1. The van der Waals surface area contributed by atoms with Gasteiger partial charge in [0.1, 0.15) is 12.6 Å². The van der Waals surface area contributed by atoms with Gasteiger partial charge in [0.15, 0.2) is 18.3 Å². The van der Waals surface area contributed by atoms with E-state index in [-0.39, 0.29) is 18.9 Å². The zero-order valence-corrected chi connectivity index (χ0v) is 25.1. The average molecular weight is 629 g/mol. The molecule has 0 unspecified atom stereocenters. The van der Waals surface area contributed by atoms with Gasteiger partial charge < -0.3 is 28.4 Å². The maximum absolute atomic E-state index is 13.5. The van der Waals surface area contributed by atoms with Crippen molar-refractivity contribution in [2.45, 2.75) is 65.9 Å². The number of hydrazone groups is 1. The smallest absolute Gasteiger partial charge is 0.450 e. The van der Waals surface area contributed by atoms with Gasteiger partial charge in [0.2, 0.25) is 0 Å². The van der Waals surface area contributed by atoms with Crippen molar-refractivity contribution < 1.29 is 57.2 Å². The summed E-state index contributed by atoms with van der Waals surface area (Å²) in [6.07, 6.45) is -6.09. The van der Waals surface area contributed by atoms with Gasteiger partial charge in [-0.1, -0.05) is 16.7 Å². The van der Waals surface area contributed by atoms with Gasteiger partial charge in [-0.3, -0.25) is 19.2 Å². The third-order valence-electron chi connectivity index (χ3n) is 5.34. The number of hydrazine groups is 2. The third kappa shape index (κ3) is 9.73. The van der Waals surface area contributed by atoms with E-state index in [1.165, 1.54) is 38.1 Å². The fraction of sp³-hybridized carbons (Fsp3) is 0.500. The molecular weight excluding hydrogens is 596 g/mol. The number of nitrogens with zero attached hydrogens (tertiary/aromatic N) is 4. The van der Waals surface area contributed by atoms with Gasteiger partial charge in [-0.05, 0) is 38.1 Å². The molecule has 16 nitrogen and oxygen atoms in total. The van der Waals surface area contributed by atoms with Gasteiger partial charge in [0.25, 0.3) is 0 Å². The van der Waals surface area contributed by atoms with Crippen molar-refractivity contribution in [3.05, 3.63) is 29.3 Å². The minimum atomic E-state index is -1.72. The number of carbonyl (C=O) groups is 6. The summed E-state index contributed by atoms with van der Waals surface area (Å²) in [5.74, 6) is -3.46. The average Bonchev–Trinajstić information content (AvgIpc) is 2.92. The number of carbonyl (C=O) groups excluding carboxylic acids is 6. The van der Waals surface area contributed by atoms with Crippen LogP contribution in [0.3, 0.4) is 0 Å². The van der Waals surface area contributed by atoms with Gasteiger partial charge in [-0.15, -0.1) is 5.12 Å². The fourth-order valence-electron chi connectivity index (χ4n) is 3.85. The van der Waals surface area contributed by atoms with Crippen LogP contribution >= 0.6 is 11.6 Å². The highest BCUT2D eigenvalue weighted by Crippen LogP contribution is 2.30. The molecule has 0 aromatic heterocycles. The zero-order chi connectivity index (χ0) is 32.3. The molecule has 0 saturated carbocycles. The SMILES string of the molecule is CCOC(=O)N1[C@@H]([C@@H](OC(C)=O)[C@H](OC(C)=O)[C@@H](COC(C)=O)OC(C)=O)C=NN(c2ccc(Cl)cc2)N1C(=O)OCC. The van der Waals surface area contributed by atoms with Gasteiger partial charge in [0, 0.05) is 32.7 Å². The summed E-state index contributed by atoms with van der Waals surface area (Å²) in [6.45, 7) is 6.34. The van der Waals surface area contributed by atoms with Crippen molar-refractivity contribution >= 4 is 59.6 Å². The molecule has 0 aliphatic carbocycles. The fourth-order valence-corrected chi connectivity index (χ4v) is 3.97. The van der Waals surface area contributed by atoms with Crippen molar-refractivity contribution in [3.8, 4) is 0 Å². The highest BCUT2D eigenvalue weighted by atomic mass is 35.5. The molecule has 1 aliphatic rings. The van der Waals surface area contributed by atoms with Crippen LogP contribution in [0.5, 0.6) is 0 Å². The Bertz CT molecular complexity index is 1210. The Kier molecular flexibility index (Phi) is 13.0. The topological polar surface area (TPSA) is 180 Å². The molecule has 1 aliphatic heterocycles. The molecule has 0 spiro atoms. The van der Waals surface area contributed by atoms with Gasteiger partial charge >= 0.3 is 36.1 Å². The summed E-state index contributed by atoms with van der Waals surface area (Å²) in [7, 11) is 0. The number of amides is 2. The molecule has 1 aromatic carbocycles. The number of benzene rings is 1. The van der Waals surface area contributed by atoms with Crippen LogP contribution in [0.2, 0.25) is 5.02 Å². The van der Waals surface area contributed by atoms with Crippen LogP contribution in [0, 0.1) is 0 Å². The Balaban J connectivity index is 2.82. The Morgan fingerprint density at radius 1 is 0.791 bits per heavy atom. The van der Waals surface area contributed by atoms with Crippen LogP contribution in [0.4, 0.5) is 15.3 Å². The van der Waals surface area contributed by atoms with Crippen molar-refractivity contribution in [3.63, 3.8) is 0 Å². The van der Waals surface area contributed by atoms with E-state index < -0.39 is 67.0 Å². The first kappa shape index (κ1) is 34.6. The Morgan fingerprint density at radius 2 is 1.35 bits per heavy atom. The minimum absolute atomic E-state index is 0.116. The number of hydrogen-bond acceptors (Lipinski definition) is 14. The van der Waals surface area contributed by atoms with E-state index in [1.807, 2.05) is 0 Å². The molecule has 1 aromatic rings. The summed E-state index contributed by atoms with van der Waals surface area (Å²) in [4.78, 5) is 75.1. The van der Waals surface area contributed by atoms with Gasteiger partial charge in [0.05, 0.1) is 25.1 Å². The van der Waals surface area contributed by atoms with E-state index in [0.29, 0.717) is 10.1 Å². The van der Waals surface area contributed by atoms with Crippen molar-refractivity contribution in [2.75, 3.05) is 24.9 Å². The van der Waals surface area contributed by atoms with E-state index in [0.717, 1.165) is 44.0 Å². The second-order valence-corrected chi connectivity index (χ2v) is 9.09. The van der Waals surface area contributed by atoms with Crippen molar-refractivity contribution in [1.29, 1.82) is 0 Å². The predicted molar refractivity (Wildman–Crippen MR) is 147 cm³/mol. The quantitative estimate of drug-likeness (QED) is 0.258. The first-order valence-electron chi connectivity index (χ1n) is 13.0. The zero-order valence-electron chi connectivity index (χ0n) is 24.4. The van der Waals surface area contributed by atoms with E-state index in [1.54, 1.807) is 0 Å². The number of hydrogen-bond donors (Lipinski definition) is 0. The molecule has 2 amide bonds. The van der Waals surface area contributed by atoms with Crippen LogP contribution < -0.4 is 5.12 Å². The highest BCUT2D eigenvalue weighted by Gasteiger charge is 2.51. The molecule has 0 radical (unpaired) electrons. The number of esters is 4. The molecule has 1 heterocycles. The largest absolute Gasteiger partial charge is 0.462 e. The molecule has 236 valence electrons. The van der Waals surface area contributed by atoms with E-state index in [9.17, 15) is 28.8 Å². The lowest BCUT2D eigenvalue weighted by Gasteiger charge is -2.46. The lowest BCUT2D eigenvalue weighted by molar-refractivity contribution is -0.195. The second-order valence-electron chi connectivity index (χ2n) is 8.65. The Hall–Kier alpha value is -4.60. The summed E-state index contributed by atoms with van der Waals surface area (Å²) in [5, 5.41) is 7.07. The van der Waals surface area contributed by atoms with Crippen LogP contribution in [0.15, 0.2) is 29.4 Å². The number of anilines is 1. The highest BCUT2D eigenvalue weighted by molar-refractivity contribution is 6.30. The van der Waals surface area contributed by atoms with Gasteiger partial charge in [-0.2, -0.15) is 10.1 Å². The molecule has 4 atom stereocenters. The van der Waals surface area contributed by atoms with Crippen LogP contribution in [0.25, 0.3) is 0 Å². The maximum Gasteiger partial charge on any atom is 0.450 e. The number of ether oxygens (including phenoxy) is 6. The molecule has 0 fully saturated rings. The number of halogens is 1. The Morgan fingerprint density at radius 3 is 1.86 bits per heavy atom. The lowest BCUT2D eigenvalue weighted by Crippen LogP contribution is -2.69. The predicted octanol–water partition coefficient (Wildman–Crippen LogP) is 2.62. The van der Waals surface area contributed by atoms with Gasteiger partial charge in [-0.25, -0.2) is 9.59 Å². The first-order valence-corrected chi connectivity index (χ1v) is 13.4. The van der Waals surface area contributed by atoms with E-state index in [2.05, 4.69) is 5.10 Å². The first-order chi connectivity index (χ1) is 20.3. The van der Waals surface area contributed by atoms with E-state index in [4.69, 9.17) is 40.0 Å². The molecule has 0 bridgehead atoms. The molecule has 0 saturated heterocycles. The molecule has 43 heavy (non-hydrogen) atoms. The molecule has 2 rings (SSSR count). The normalized spacial score (nSPS) is 16.3. The van der Waals surface area contributed by atoms with Crippen molar-refractivity contribution in [2.24, 2.45) is 5.10 Å². The summed E-state index contributed by atoms with van der Waals surface area (Å²) < 4.78 is 31.7. The summed E-state index contributed by atoms with van der Waals surface area (Å²) >= 11 is 6.02. The maximum atomic E-state index is 13.5. The molecule has 17 heteroatoms. The minimum Gasteiger partial charge on any atom is -0.462 e. The third-order valence-corrected chi connectivity index (χ3v) is 5.59. The lowest BCUT2D eigenvalue weighted by atomic mass is 10.00. The monoisotopic (exact) mass is 628 g/mol. The van der Waals surface area contributed by atoms with E-state index >= 15 is 0 Å². The summed E-state index contributed by atoms with van der Waals surface area (Å²) in [5.41, 5.74) is 0.245. The van der Waals surface area contributed by atoms with Crippen LogP contribution in [-0.2, 0) is 47.6 Å². The Labute approximate surface area is 252 Å². The summed E-state index contributed by atoms with van der Waals surface area (Å²) in [6, 6.07) is 4.45. The van der Waals surface area contributed by atoms with Crippen molar-refractivity contribution in [1.82, 2.24) is 10.1 Å².